The van der Waals surface area contributed by atoms with Gasteiger partial charge in [0.05, 0.1) is 43.3 Å². The molecule has 4 aromatic rings. The largest absolute Gasteiger partial charge is 0.496 e. The van der Waals surface area contributed by atoms with E-state index in [0.717, 1.165) is 17.3 Å². The van der Waals surface area contributed by atoms with Gasteiger partial charge in [-0.2, -0.15) is 0 Å². The molecule has 1 N–H and O–H groups in total. The monoisotopic (exact) mass is 495 g/mol. The number of hydrogen-bond acceptors (Lipinski definition) is 8. The number of fused-ring (bicyclic) bond motifs is 1. The maximum atomic E-state index is 13.2. The van der Waals surface area contributed by atoms with Gasteiger partial charge in [0, 0.05) is 5.56 Å². The molecule has 0 atom stereocenters. The first-order valence-electron chi connectivity index (χ1n) is 10.2. The third-order valence-corrected chi connectivity index (χ3v) is 6.86. The lowest BCUT2D eigenvalue weighted by atomic mass is 10.2. The number of benzene rings is 2. The molecule has 0 unspecified atom stereocenters. The fourth-order valence-electron chi connectivity index (χ4n) is 3.37. The first kappa shape index (κ1) is 23.5. The third-order valence-electron chi connectivity index (χ3n) is 4.99. The number of para-hydroxylation sites is 2. The summed E-state index contributed by atoms with van der Waals surface area (Å²) in [6, 6.07) is 15.8. The van der Waals surface area contributed by atoms with Crippen LogP contribution in [-0.2, 0) is 16.1 Å². The Hall–Kier alpha value is -3.63. The van der Waals surface area contributed by atoms with Crippen molar-refractivity contribution in [3.8, 4) is 5.75 Å². The average Bonchev–Trinajstić information content (AvgIpc) is 3.33. The summed E-state index contributed by atoms with van der Waals surface area (Å²) in [5, 5.41) is 4.97. The van der Waals surface area contributed by atoms with Crippen molar-refractivity contribution in [3.63, 3.8) is 0 Å². The van der Waals surface area contributed by atoms with Crippen molar-refractivity contribution in [1.29, 1.82) is 0 Å². The number of thiophene rings is 1. The van der Waals surface area contributed by atoms with Gasteiger partial charge in [0.1, 0.15) is 10.4 Å². The van der Waals surface area contributed by atoms with E-state index in [9.17, 15) is 14.4 Å². The number of hydrogen-bond donors (Lipinski definition) is 1. The Morgan fingerprint density at radius 3 is 2.65 bits per heavy atom. The van der Waals surface area contributed by atoms with Crippen molar-refractivity contribution in [3.05, 3.63) is 81.5 Å². The number of aromatic nitrogens is 2. The predicted molar refractivity (Wildman–Crippen MR) is 133 cm³/mol. The van der Waals surface area contributed by atoms with E-state index >= 15 is 0 Å². The molecule has 8 nitrogen and oxygen atoms in total. The third kappa shape index (κ3) is 4.97. The molecule has 0 aliphatic heterocycles. The molecule has 2 aromatic carbocycles. The van der Waals surface area contributed by atoms with Crippen LogP contribution in [0.4, 0.5) is 5.69 Å². The molecule has 0 aliphatic rings. The lowest BCUT2D eigenvalue weighted by Crippen LogP contribution is -2.24. The van der Waals surface area contributed by atoms with Gasteiger partial charge in [0.2, 0.25) is 5.91 Å². The van der Waals surface area contributed by atoms with Crippen LogP contribution in [0.5, 0.6) is 5.75 Å². The second kappa shape index (κ2) is 10.5. The summed E-state index contributed by atoms with van der Waals surface area (Å²) in [7, 11) is 2.86. The number of amides is 1. The summed E-state index contributed by atoms with van der Waals surface area (Å²) < 4.78 is 12.3. The Bertz CT molecular complexity index is 1410. The van der Waals surface area contributed by atoms with Gasteiger partial charge in [-0.3, -0.25) is 14.2 Å². The van der Waals surface area contributed by atoms with Crippen LogP contribution < -0.4 is 15.6 Å². The summed E-state index contributed by atoms with van der Waals surface area (Å²) in [5.74, 6) is -0.235. The first-order chi connectivity index (χ1) is 16.5. The van der Waals surface area contributed by atoms with Gasteiger partial charge in [-0.1, -0.05) is 42.1 Å². The smallest absolute Gasteiger partial charge is 0.339 e. The topological polar surface area (TPSA) is 99.5 Å². The minimum Gasteiger partial charge on any atom is -0.496 e. The molecule has 34 heavy (non-hydrogen) atoms. The second-order valence-electron chi connectivity index (χ2n) is 7.11. The average molecular weight is 496 g/mol. The zero-order chi connectivity index (χ0) is 24.1. The highest BCUT2D eigenvalue weighted by Gasteiger charge is 2.17. The Labute approximate surface area is 203 Å². The van der Waals surface area contributed by atoms with Gasteiger partial charge < -0.3 is 14.8 Å². The van der Waals surface area contributed by atoms with E-state index in [1.807, 2.05) is 29.6 Å². The SMILES string of the molecule is COC(=O)c1ccccc1NC(=O)CSc1nc2ccsc2c(=O)n1Cc1ccccc1OC. The molecule has 0 saturated carbocycles. The van der Waals surface area contributed by atoms with E-state index in [2.05, 4.69) is 10.3 Å². The summed E-state index contributed by atoms with van der Waals surface area (Å²) in [5.41, 5.74) is 1.85. The van der Waals surface area contributed by atoms with Crippen LogP contribution in [0.2, 0.25) is 0 Å². The summed E-state index contributed by atoms with van der Waals surface area (Å²) in [6.45, 7) is 0.249. The Balaban J connectivity index is 1.60. The van der Waals surface area contributed by atoms with Crippen molar-refractivity contribution >= 4 is 50.9 Å². The number of carbonyl (C=O) groups excluding carboxylic acids is 2. The van der Waals surface area contributed by atoms with E-state index in [0.29, 0.717) is 26.8 Å². The number of carbonyl (C=O) groups is 2. The molecule has 0 saturated heterocycles. The van der Waals surface area contributed by atoms with Crippen LogP contribution in [0.1, 0.15) is 15.9 Å². The molecule has 0 aliphatic carbocycles. The van der Waals surface area contributed by atoms with Gasteiger partial charge in [0.25, 0.3) is 5.56 Å². The predicted octanol–water partition coefficient (Wildman–Crippen LogP) is 4.03. The number of esters is 1. The van der Waals surface area contributed by atoms with Crippen LogP contribution >= 0.6 is 23.1 Å². The van der Waals surface area contributed by atoms with E-state index < -0.39 is 5.97 Å². The molecule has 4 rings (SSSR count). The lowest BCUT2D eigenvalue weighted by Gasteiger charge is -2.14. The van der Waals surface area contributed by atoms with E-state index in [1.54, 1.807) is 42.0 Å². The summed E-state index contributed by atoms with van der Waals surface area (Å²) in [6.07, 6.45) is 0. The Kier molecular flexibility index (Phi) is 7.29. The molecule has 0 spiro atoms. The number of nitrogens with one attached hydrogen (secondary N) is 1. The van der Waals surface area contributed by atoms with Crippen LogP contribution in [-0.4, -0.2) is 41.4 Å². The number of nitrogens with zero attached hydrogens (tertiary/aromatic N) is 2. The van der Waals surface area contributed by atoms with E-state index in [1.165, 1.54) is 18.4 Å². The molecule has 174 valence electrons. The molecule has 0 radical (unpaired) electrons. The molecular formula is C24H21N3O5S2. The second-order valence-corrected chi connectivity index (χ2v) is 8.97. The van der Waals surface area contributed by atoms with E-state index in [-0.39, 0.29) is 29.3 Å². The van der Waals surface area contributed by atoms with Gasteiger partial charge in [-0.05, 0) is 29.6 Å². The summed E-state index contributed by atoms with van der Waals surface area (Å²) >= 11 is 2.48. The van der Waals surface area contributed by atoms with Crippen LogP contribution in [0.25, 0.3) is 10.2 Å². The summed E-state index contributed by atoms with van der Waals surface area (Å²) in [4.78, 5) is 42.5. The molecule has 1 amide bonds. The standard InChI is InChI=1S/C24H21N3O5S2/c1-31-19-10-6-3-7-15(19)13-27-22(29)21-18(11-12-33-21)26-24(27)34-14-20(28)25-17-9-5-4-8-16(17)23(30)32-2/h3-12H,13-14H2,1-2H3,(H,25,28). The normalized spacial score (nSPS) is 10.8. The number of ether oxygens (including phenoxy) is 2. The van der Waals surface area contributed by atoms with Crippen molar-refractivity contribution in [2.24, 2.45) is 0 Å². The first-order valence-corrected chi connectivity index (χ1v) is 12.1. The van der Waals surface area contributed by atoms with E-state index in [4.69, 9.17) is 9.47 Å². The van der Waals surface area contributed by atoms with Gasteiger partial charge in [0.15, 0.2) is 5.16 Å². The number of anilines is 1. The zero-order valence-corrected chi connectivity index (χ0v) is 20.1. The van der Waals surface area contributed by atoms with Crippen molar-refractivity contribution in [1.82, 2.24) is 9.55 Å². The maximum Gasteiger partial charge on any atom is 0.339 e. The van der Waals surface area contributed by atoms with Crippen LogP contribution in [0.15, 0.2) is 69.9 Å². The Morgan fingerprint density at radius 1 is 1.09 bits per heavy atom. The Morgan fingerprint density at radius 2 is 1.85 bits per heavy atom. The fraction of sp³-hybridized carbons (Fsp3) is 0.167. The van der Waals surface area contributed by atoms with Crippen molar-refractivity contribution in [2.75, 3.05) is 25.3 Å². The molecule has 0 bridgehead atoms. The molecule has 10 heteroatoms. The quantitative estimate of drug-likeness (QED) is 0.224. The number of thioether (sulfide) groups is 1. The minimum absolute atomic E-state index is 0.0104. The lowest BCUT2D eigenvalue weighted by molar-refractivity contribution is -0.113. The van der Waals surface area contributed by atoms with Crippen LogP contribution in [0.3, 0.4) is 0 Å². The highest BCUT2D eigenvalue weighted by Crippen LogP contribution is 2.25. The van der Waals surface area contributed by atoms with Gasteiger partial charge in [-0.25, -0.2) is 9.78 Å². The zero-order valence-electron chi connectivity index (χ0n) is 18.4. The highest BCUT2D eigenvalue weighted by atomic mass is 32.2. The highest BCUT2D eigenvalue weighted by molar-refractivity contribution is 7.99. The maximum absolute atomic E-state index is 13.2. The van der Waals surface area contributed by atoms with Crippen LogP contribution in [0, 0.1) is 0 Å². The van der Waals surface area contributed by atoms with Crippen molar-refractivity contribution < 1.29 is 19.1 Å². The van der Waals surface area contributed by atoms with Gasteiger partial charge in [-0.15, -0.1) is 11.3 Å². The number of rotatable bonds is 8. The minimum atomic E-state index is -0.543. The fourth-order valence-corrected chi connectivity index (χ4v) is 4.95. The molecule has 0 fully saturated rings. The molecule has 2 heterocycles. The molecular weight excluding hydrogens is 474 g/mol. The van der Waals surface area contributed by atoms with Crippen molar-refractivity contribution in [2.45, 2.75) is 11.7 Å². The van der Waals surface area contributed by atoms with Gasteiger partial charge >= 0.3 is 5.97 Å². The number of methoxy groups -OCH3 is 2. The molecule has 2 aromatic heterocycles.